The van der Waals surface area contributed by atoms with Crippen molar-refractivity contribution < 1.29 is 24.0 Å². The molecule has 0 saturated carbocycles. The minimum Gasteiger partial charge on any atom is -0.346 e. The lowest BCUT2D eigenvalue weighted by Crippen LogP contribution is -2.45. The van der Waals surface area contributed by atoms with Crippen molar-refractivity contribution in [3.8, 4) is 0 Å². The Labute approximate surface area is 193 Å². The molecule has 0 aromatic heterocycles. The third kappa shape index (κ3) is 8.14. The van der Waals surface area contributed by atoms with E-state index in [1.165, 1.54) is 4.90 Å². The Balaban J connectivity index is 2.41. The topological polar surface area (TPSA) is 101 Å². The number of hydrogen-bond acceptors (Lipinski definition) is 5. The van der Waals surface area contributed by atoms with E-state index in [0.29, 0.717) is 25.8 Å². The molecule has 182 valence electrons. The van der Waals surface area contributed by atoms with Crippen molar-refractivity contribution in [2.24, 2.45) is 29.6 Å². The largest absolute Gasteiger partial charge is 0.346 e. The molecule has 0 aromatic rings. The highest BCUT2D eigenvalue weighted by Crippen LogP contribution is 2.26. The van der Waals surface area contributed by atoms with Gasteiger partial charge in [0.1, 0.15) is 5.78 Å². The predicted octanol–water partition coefficient (Wildman–Crippen LogP) is 3.54. The Kier molecular flexibility index (Phi) is 11.2. The first-order valence-electron chi connectivity index (χ1n) is 12.1. The number of ketones is 2. The molecule has 1 fully saturated rings. The van der Waals surface area contributed by atoms with Crippen molar-refractivity contribution in [2.45, 2.75) is 93.0 Å². The van der Waals surface area contributed by atoms with Crippen LogP contribution in [0, 0.1) is 29.6 Å². The van der Waals surface area contributed by atoms with Crippen LogP contribution in [0.4, 0.5) is 0 Å². The number of hydrogen-bond donors (Lipinski definition) is 1. The Morgan fingerprint density at radius 3 is 2.09 bits per heavy atom. The van der Waals surface area contributed by atoms with Gasteiger partial charge < -0.3 is 5.32 Å². The average molecular weight is 451 g/mol. The molecular weight excluding hydrogens is 408 g/mol. The minimum atomic E-state index is -0.599. The van der Waals surface area contributed by atoms with Crippen molar-refractivity contribution >= 4 is 29.3 Å². The zero-order valence-corrected chi connectivity index (χ0v) is 20.9. The SMILES string of the molecule is CC(C)C(=O)[C@H](C)CC(=O)[C@@H](NC(=O)CCCCCN1C(=O)CC(C(C)C)C1=O)C(C)C. The molecule has 7 heteroatoms. The number of carbonyl (C=O) groups is 5. The Hall–Kier alpha value is -2.05. The summed E-state index contributed by atoms with van der Waals surface area (Å²) in [5.41, 5.74) is 0. The lowest BCUT2D eigenvalue weighted by Gasteiger charge is -2.23. The van der Waals surface area contributed by atoms with Gasteiger partial charge in [-0.05, 0) is 24.7 Å². The van der Waals surface area contributed by atoms with Gasteiger partial charge >= 0.3 is 0 Å². The van der Waals surface area contributed by atoms with E-state index < -0.39 is 6.04 Å². The van der Waals surface area contributed by atoms with Gasteiger partial charge in [0.25, 0.3) is 0 Å². The number of unbranched alkanes of at least 4 members (excludes halogenated alkanes) is 2. The molecule has 1 unspecified atom stereocenters. The zero-order valence-electron chi connectivity index (χ0n) is 20.9. The van der Waals surface area contributed by atoms with E-state index in [4.69, 9.17) is 0 Å². The second-order valence-electron chi connectivity index (χ2n) is 10.2. The van der Waals surface area contributed by atoms with Gasteiger partial charge in [0.05, 0.1) is 6.04 Å². The van der Waals surface area contributed by atoms with Gasteiger partial charge in [-0.2, -0.15) is 0 Å². The molecule has 7 nitrogen and oxygen atoms in total. The number of rotatable bonds is 14. The van der Waals surface area contributed by atoms with Crippen LogP contribution in [-0.4, -0.2) is 46.8 Å². The summed E-state index contributed by atoms with van der Waals surface area (Å²) in [4.78, 5) is 62.9. The van der Waals surface area contributed by atoms with Gasteiger partial charge in [0.2, 0.25) is 17.7 Å². The number of nitrogens with one attached hydrogen (secondary N) is 1. The Bertz CT molecular complexity index is 698. The molecule has 3 amide bonds. The van der Waals surface area contributed by atoms with Crippen LogP contribution in [0.5, 0.6) is 0 Å². The molecule has 1 aliphatic heterocycles. The van der Waals surface area contributed by atoms with Gasteiger partial charge in [-0.1, -0.05) is 54.9 Å². The first kappa shape index (κ1) is 28.0. The number of imide groups is 1. The highest BCUT2D eigenvalue weighted by molar-refractivity contribution is 6.03. The maximum atomic E-state index is 12.7. The lowest BCUT2D eigenvalue weighted by atomic mass is 9.88. The average Bonchev–Trinajstić information content (AvgIpc) is 2.98. The quantitative estimate of drug-likeness (QED) is 0.322. The monoisotopic (exact) mass is 450 g/mol. The molecule has 1 aliphatic rings. The predicted molar refractivity (Wildman–Crippen MR) is 124 cm³/mol. The zero-order chi connectivity index (χ0) is 24.6. The van der Waals surface area contributed by atoms with Gasteiger partial charge in [-0.3, -0.25) is 28.9 Å². The van der Waals surface area contributed by atoms with Crippen LogP contribution >= 0.6 is 0 Å². The Morgan fingerprint density at radius 1 is 0.969 bits per heavy atom. The van der Waals surface area contributed by atoms with Gasteiger partial charge in [0.15, 0.2) is 5.78 Å². The van der Waals surface area contributed by atoms with Crippen LogP contribution in [0.2, 0.25) is 0 Å². The van der Waals surface area contributed by atoms with Crippen molar-refractivity contribution in [2.75, 3.05) is 6.54 Å². The van der Waals surface area contributed by atoms with Crippen molar-refractivity contribution in [3.63, 3.8) is 0 Å². The summed E-state index contributed by atoms with van der Waals surface area (Å²) in [6.45, 7) is 13.5. The number of nitrogens with zero attached hydrogens (tertiary/aromatic N) is 1. The number of carbonyl (C=O) groups excluding carboxylic acids is 5. The fourth-order valence-electron chi connectivity index (χ4n) is 4.16. The number of likely N-dealkylation sites (tertiary alicyclic amines) is 1. The van der Waals surface area contributed by atoms with E-state index in [1.807, 2.05) is 41.5 Å². The third-order valence-corrected chi connectivity index (χ3v) is 6.26. The van der Waals surface area contributed by atoms with Gasteiger partial charge in [-0.15, -0.1) is 0 Å². The summed E-state index contributed by atoms with van der Waals surface area (Å²) in [6, 6.07) is -0.599. The molecule has 1 heterocycles. The molecule has 0 aromatic carbocycles. The van der Waals surface area contributed by atoms with E-state index in [1.54, 1.807) is 6.92 Å². The van der Waals surface area contributed by atoms with E-state index in [2.05, 4.69) is 5.32 Å². The van der Waals surface area contributed by atoms with Crippen LogP contribution in [0.25, 0.3) is 0 Å². The molecule has 0 bridgehead atoms. The van der Waals surface area contributed by atoms with Crippen molar-refractivity contribution in [1.29, 1.82) is 0 Å². The maximum Gasteiger partial charge on any atom is 0.233 e. The van der Waals surface area contributed by atoms with Crippen LogP contribution < -0.4 is 5.32 Å². The molecular formula is C25H42N2O5. The van der Waals surface area contributed by atoms with Crippen molar-refractivity contribution in [3.05, 3.63) is 0 Å². The van der Waals surface area contributed by atoms with E-state index in [0.717, 1.165) is 6.42 Å². The summed E-state index contributed by atoms with van der Waals surface area (Å²) >= 11 is 0. The van der Waals surface area contributed by atoms with Crippen LogP contribution in [0.3, 0.4) is 0 Å². The maximum absolute atomic E-state index is 12.7. The fourth-order valence-corrected chi connectivity index (χ4v) is 4.16. The molecule has 1 saturated heterocycles. The number of Topliss-reactive ketones (excluding diaryl/α,β-unsaturated/α-hetero) is 2. The first-order valence-corrected chi connectivity index (χ1v) is 12.1. The minimum absolute atomic E-state index is 0.0573. The summed E-state index contributed by atoms with van der Waals surface area (Å²) in [5, 5.41) is 2.84. The second-order valence-corrected chi connectivity index (χ2v) is 10.2. The summed E-state index contributed by atoms with van der Waals surface area (Å²) < 4.78 is 0. The lowest BCUT2D eigenvalue weighted by molar-refractivity contribution is -0.140. The third-order valence-electron chi connectivity index (χ3n) is 6.26. The van der Waals surface area contributed by atoms with Crippen molar-refractivity contribution in [1.82, 2.24) is 10.2 Å². The van der Waals surface area contributed by atoms with E-state index >= 15 is 0 Å². The van der Waals surface area contributed by atoms with Gasteiger partial charge in [0, 0.05) is 43.6 Å². The van der Waals surface area contributed by atoms with Crippen LogP contribution in [0.15, 0.2) is 0 Å². The summed E-state index contributed by atoms with van der Waals surface area (Å²) in [6.07, 6.45) is 2.72. The standard InChI is InChI=1S/C25H42N2O5/c1-15(2)19-14-22(30)27(25(19)32)12-10-8-9-11-21(29)26-23(16(3)4)20(28)13-18(7)24(31)17(5)6/h15-19,23H,8-14H2,1-7H3,(H,26,29)/t18-,19?,23+/m1/s1. The smallest absolute Gasteiger partial charge is 0.233 e. The molecule has 1 N–H and O–H groups in total. The molecule has 0 aliphatic carbocycles. The van der Waals surface area contributed by atoms with Gasteiger partial charge in [-0.25, -0.2) is 0 Å². The molecule has 32 heavy (non-hydrogen) atoms. The van der Waals surface area contributed by atoms with E-state index in [-0.39, 0.29) is 71.7 Å². The fraction of sp³-hybridized carbons (Fsp3) is 0.800. The van der Waals surface area contributed by atoms with Crippen LogP contribution in [0.1, 0.15) is 87.0 Å². The summed E-state index contributed by atoms with van der Waals surface area (Å²) in [7, 11) is 0. The molecule has 0 spiro atoms. The highest BCUT2D eigenvalue weighted by atomic mass is 16.2. The molecule has 1 rings (SSSR count). The van der Waals surface area contributed by atoms with E-state index in [9.17, 15) is 24.0 Å². The normalized spacial score (nSPS) is 18.6. The summed E-state index contributed by atoms with van der Waals surface area (Å²) in [5.74, 6) is -1.01. The highest BCUT2D eigenvalue weighted by Gasteiger charge is 2.39. The molecule has 0 radical (unpaired) electrons. The number of amides is 3. The first-order chi connectivity index (χ1) is 14.9. The van der Waals surface area contributed by atoms with Crippen LogP contribution in [-0.2, 0) is 24.0 Å². The molecule has 3 atom stereocenters. The second kappa shape index (κ2) is 12.9. The Morgan fingerprint density at radius 2 is 1.59 bits per heavy atom.